The van der Waals surface area contributed by atoms with Gasteiger partial charge in [0.1, 0.15) is 0 Å². The maximum atomic E-state index is 12.2. The van der Waals surface area contributed by atoms with E-state index in [1.165, 1.54) is 4.31 Å². The fourth-order valence-corrected chi connectivity index (χ4v) is 3.94. The van der Waals surface area contributed by atoms with Crippen molar-refractivity contribution in [1.29, 1.82) is 0 Å². The first-order valence-corrected chi connectivity index (χ1v) is 8.17. The van der Waals surface area contributed by atoms with E-state index >= 15 is 0 Å². The number of aliphatic hydroxyl groups is 1. The first-order valence-electron chi connectivity index (χ1n) is 6.73. The number of aliphatic hydroxyl groups excluding tert-OH is 1. The minimum absolute atomic E-state index is 0.152. The Morgan fingerprint density at radius 3 is 2.61 bits per heavy atom. The van der Waals surface area contributed by atoms with Gasteiger partial charge < -0.3 is 5.11 Å². The number of rotatable bonds is 6. The summed E-state index contributed by atoms with van der Waals surface area (Å²) >= 11 is 0. The first-order chi connectivity index (χ1) is 8.35. The van der Waals surface area contributed by atoms with Crippen molar-refractivity contribution >= 4 is 10.2 Å². The fourth-order valence-electron chi connectivity index (χ4n) is 2.38. The van der Waals surface area contributed by atoms with E-state index in [1.54, 1.807) is 0 Å². The highest BCUT2D eigenvalue weighted by molar-refractivity contribution is 7.87. The summed E-state index contributed by atoms with van der Waals surface area (Å²) in [6, 6.07) is -0.382. The number of piperidine rings is 1. The molecule has 0 aromatic carbocycles. The Labute approximate surface area is 111 Å². The molecule has 2 unspecified atom stereocenters. The van der Waals surface area contributed by atoms with Gasteiger partial charge in [-0.25, -0.2) is 0 Å². The molecule has 1 aliphatic heterocycles. The van der Waals surface area contributed by atoms with Gasteiger partial charge in [0.15, 0.2) is 0 Å². The van der Waals surface area contributed by atoms with Gasteiger partial charge in [0, 0.05) is 19.1 Å². The van der Waals surface area contributed by atoms with Crippen molar-refractivity contribution in [3.8, 4) is 0 Å². The highest BCUT2D eigenvalue weighted by Crippen LogP contribution is 2.18. The van der Waals surface area contributed by atoms with Crippen molar-refractivity contribution in [2.45, 2.75) is 46.1 Å². The van der Waals surface area contributed by atoms with Gasteiger partial charge in [-0.2, -0.15) is 17.4 Å². The summed E-state index contributed by atoms with van der Waals surface area (Å²) in [6.07, 6.45) is 2.65. The van der Waals surface area contributed by atoms with E-state index < -0.39 is 10.2 Å². The van der Waals surface area contributed by atoms with Crippen molar-refractivity contribution in [2.75, 3.05) is 19.7 Å². The smallest absolute Gasteiger partial charge is 0.279 e. The van der Waals surface area contributed by atoms with Crippen LogP contribution in [0, 0.1) is 11.8 Å². The van der Waals surface area contributed by atoms with Gasteiger partial charge in [0.05, 0.1) is 6.61 Å². The minimum Gasteiger partial charge on any atom is -0.395 e. The summed E-state index contributed by atoms with van der Waals surface area (Å²) < 4.78 is 28.5. The predicted molar refractivity (Wildman–Crippen MR) is 72.4 cm³/mol. The van der Waals surface area contributed by atoms with Crippen molar-refractivity contribution in [3.63, 3.8) is 0 Å². The van der Waals surface area contributed by atoms with E-state index in [-0.39, 0.29) is 12.6 Å². The van der Waals surface area contributed by atoms with E-state index in [9.17, 15) is 13.5 Å². The molecule has 2 N–H and O–H groups in total. The Kier molecular flexibility index (Phi) is 6.04. The third kappa shape index (κ3) is 4.84. The van der Waals surface area contributed by atoms with E-state index in [0.29, 0.717) is 31.3 Å². The average Bonchev–Trinajstić information content (AvgIpc) is 2.27. The molecule has 1 saturated heterocycles. The van der Waals surface area contributed by atoms with E-state index in [1.807, 2.05) is 13.8 Å². The molecular weight excluding hydrogens is 252 g/mol. The zero-order valence-electron chi connectivity index (χ0n) is 11.6. The van der Waals surface area contributed by atoms with Crippen LogP contribution in [0.4, 0.5) is 0 Å². The van der Waals surface area contributed by atoms with Crippen molar-refractivity contribution in [3.05, 3.63) is 0 Å². The Balaban J connectivity index is 2.62. The van der Waals surface area contributed by atoms with Gasteiger partial charge in [-0.3, -0.25) is 0 Å². The zero-order valence-corrected chi connectivity index (χ0v) is 12.4. The molecule has 0 bridgehead atoms. The Hall–Kier alpha value is -0.170. The molecule has 1 aliphatic rings. The lowest BCUT2D eigenvalue weighted by molar-refractivity contribution is 0.231. The first kappa shape index (κ1) is 15.9. The Morgan fingerprint density at radius 1 is 1.44 bits per heavy atom. The summed E-state index contributed by atoms with van der Waals surface area (Å²) in [6.45, 7) is 7.11. The second-order valence-electron chi connectivity index (χ2n) is 5.74. The van der Waals surface area contributed by atoms with E-state index in [0.717, 1.165) is 12.8 Å². The number of nitrogens with one attached hydrogen (secondary N) is 1. The molecule has 1 fully saturated rings. The van der Waals surface area contributed by atoms with Crippen molar-refractivity contribution in [2.24, 2.45) is 11.8 Å². The van der Waals surface area contributed by atoms with Crippen LogP contribution < -0.4 is 4.72 Å². The molecule has 0 radical (unpaired) electrons. The Bertz CT molecular complexity index is 343. The second kappa shape index (κ2) is 6.84. The lowest BCUT2D eigenvalue weighted by Gasteiger charge is -2.31. The maximum absolute atomic E-state index is 12.2. The van der Waals surface area contributed by atoms with Crippen LogP contribution in [0.2, 0.25) is 0 Å². The van der Waals surface area contributed by atoms with Gasteiger partial charge in [-0.1, -0.05) is 20.8 Å². The average molecular weight is 278 g/mol. The molecule has 1 heterocycles. The summed E-state index contributed by atoms with van der Waals surface area (Å²) in [5.41, 5.74) is 0. The molecular formula is C12H26N2O3S. The van der Waals surface area contributed by atoms with Gasteiger partial charge in [0.25, 0.3) is 10.2 Å². The van der Waals surface area contributed by atoms with Gasteiger partial charge in [-0.05, 0) is 31.1 Å². The third-order valence-corrected chi connectivity index (χ3v) is 4.89. The molecule has 5 nitrogen and oxygen atoms in total. The SMILES string of the molecule is CC(C)CC(CO)NS(=O)(=O)N1CCCC(C)C1. The topological polar surface area (TPSA) is 69.6 Å². The molecule has 108 valence electrons. The zero-order chi connectivity index (χ0) is 13.8. The summed E-state index contributed by atoms with van der Waals surface area (Å²) in [7, 11) is -3.45. The molecule has 18 heavy (non-hydrogen) atoms. The fraction of sp³-hybridized carbons (Fsp3) is 1.00. The highest BCUT2D eigenvalue weighted by atomic mass is 32.2. The van der Waals surface area contributed by atoms with Crippen LogP contribution in [-0.4, -0.2) is 43.6 Å². The number of nitrogens with zero attached hydrogens (tertiary/aromatic N) is 1. The minimum atomic E-state index is -3.45. The molecule has 0 aromatic heterocycles. The monoisotopic (exact) mass is 278 g/mol. The number of hydrogen-bond donors (Lipinski definition) is 2. The molecule has 0 saturated carbocycles. The van der Waals surface area contributed by atoms with Gasteiger partial charge >= 0.3 is 0 Å². The largest absolute Gasteiger partial charge is 0.395 e. The molecule has 0 spiro atoms. The summed E-state index contributed by atoms with van der Waals surface area (Å²) in [4.78, 5) is 0. The third-order valence-electron chi connectivity index (χ3n) is 3.25. The quantitative estimate of drug-likeness (QED) is 0.760. The molecule has 1 rings (SSSR count). The van der Waals surface area contributed by atoms with E-state index in [2.05, 4.69) is 11.6 Å². The summed E-state index contributed by atoms with van der Waals surface area (Å²) in [5, 5.41) is 9.24. The van der Waals surface area contributed by atoms with E-state index in [4.69, 9.17) is 0 Å². The number of hydrogen-bond acceptors (Lipinski definition) is 3. The normalized spacial score (nSPS) is 24.4. The predicted octanol–water partition coefficient (Wildman–Crippen LogP) is 0.960. The summed E-state index contributed by atoms with van der Waals surface area (Å²) in [5.74, 6) is 0.762. The Morgan fingerprint density at radius 2 is 2.11 bits per heavy atom. The second-order valence-corrected chi connectivity index (χ2v) is 7.44. The maximum Gasteiger partial charge on any atom is 0.279 e. The highest BCUT2D eigenvalue weighted by Gasteiger charge is 2.29. The molecule has 2 atom stereocenters. The van der Waals surface area contributed by atoms with Crippen LogP contribution >= 0.6 is 0 Å². The molecule has 6 heteroatoms. The van der Waals surface area contributed by atoms with Crippen molar-refractivity contribution < 1.29 is 13.5 Å². The van der Waals surface area contributed by atoms with Gasteiger partial charge in [-0.15, -0.1) is 0 Å². The lowest BCUT2D eigenvalue weighted by atomic mass is 10.0. The lowest BCUT2D eigenvalue weighted by Crippen LogP contribution is -2.49. The van der Waals surface area contributed by atoms with Crippen LogP contribution in [-0.2, 0) is 10.2 Å². The standard InChI is InChI=1S/C12H26N2O3S/c1-10(2)7-12(9-15)13-18(16,17)14-6-4-5-11(3)8-14/h10-13,15H,4-9H2,1-3H3. The molecule has 0 aliphatic carbocycles. The van der Waals surface area contributed by atoms with Crippen molar-refractivity contribution in [1.82, 2.24) is 9.03 Å². The van der Waals surface area contributed by atoms with Crippen LogP contribution in [0.1, 0.15) is 40.0 Å². The van der Waals surface area contributed by atoms with Crippen LogP contribution in [0.15, 0.2) is 0 Å². The van der Waals surface area contributed by atoms with Crippen LogP contribution in [0.25, 0.3) is 0 Å². The molecule has 0 amide bonds. The van der Waals surface area contributed by atoms with Crippen LogP contribution in [0.3, 0.4) is 0 Å². The molecule has 0 aromatic rings. The van der Waals surface area contributed by atoms with Crippen LogP contribution in [0.5, 0.6) is 0 Å². The van der Waals surface area contributed by atoms with Gasteiger partial charge in [0.2, 0.25) is 0 Å².